The van der Waals surface area contributed by atoms with Crippen molar-refractivity contribution < 1.29 is 5.11 Å². The maximum Gasteiger partial charge on any atom is 0.137 e. The van der Waals surface area contributed by atoms with Crippen LogP contribution >= 0.6 is 0 Å². The van der Waals surface area contributed by atoms with E-state index in [2.05, 4.69) is 9.97 Å². The second-order valence-electron chi connectivity index (χ2n) is 4.11. The molecule has 1 aliphatic rings. The highest BCUT2D eigenvalue weighted by atomic mass is 16.3. The predicted molar refractivity (Wildman–Crippen MR) is 54.0 cm³/mol. The molecule has 14 heavy (non-hydrogen) atoms. The topological polar surface area (TPSA) is 48.9 Å². The highest BCUT2D eigenvalue weighted by molar-refractivity contribution is 5.79. The lowest BCUT2D eigenvalue weighted by atomic mass is 10.1. The largest absolute Gasteiger partial charge is 0.390 e. The molecule has 2 N–H and O–H groups in total. The van der Waals surface area contributed by atoms with E-state index in [1.807, 2.05) is 18.3 Å². The average Bonchev–Trinajstić information content (AvgIpc) is 2.77. The van der Waals surface area contributed by atoms with Gasteiger partial charge in [-0.05, 0) is 30.5 Å². The number of rotatable bonds is 2. The lowest BCUT2D eigenvalue weighted by molar-refractivity contribution is 0.151. The van der Waals surface area contributed by atoms with Crippen molar-refractivity contribution in [3.05, 3.63) is 30.1 Å². The van der Waals surface area contributed by atoms with Gasteiger partial charge in [0.15, 0.2) is 0 Å². The molecular formula is C11H12N2O. The predicted octanol–water partition coefficient (Wildman–Crippen LogP) is 1.63. The van der Waals surface area contributed by atoms with E-state index in [9.17, 15) is 5.11 Å². The zero-order valence-corrected chi connectivity index (χ0v) is 7.83. The normalized spacial score (nSPS) is 18.6. The molecular weight excluding hydrogens is 176 g/mol. The second kappa shape index (κ2) is 2.58. The first-order valence-electron chi connectivity index (χ1n) is 4.90. The highest BCUT2D eigenvalue weighted by Crippen LogP contribution is 2.39. The smallest absolute Gasteiger partial charge is 0.137 e. The van der Waals surface area contributed by atoms with Crippen molar-refractivity contribution >= 4 is 11.0 Å². The Hall–Kier alpha value is -1.35. The fourth-order valence-corrected chi connectivity index (χ4v) is 1.83. The molecule has 1 saturated carbocycles. The minimum absolute atomic E-state index is 0.426. The Balaban J connectivity index is 2.04. The molecule has 3 rings (SSSR count). The van der Waals surface area contributed by atoms with Gasteiger partial charge in [0.05, 0.1) is 5.60 Å². The molecule has 0 spiro atoms. The van der Waals surface area contributed by atoms with Gasteiger partial charge in [0.2, 0.25) is 0 Å². The molecule has 2 aromatic heterocycles. The summed E-state index contributed by atoms with van der Waals surface area (Å²) in [5.41, 5.74) is 1.66. The molecule has 1 aliphatic carbocycles. The molecule has 0 aliphatic heterocycles. The maximum atomic E-state index is 9.83. The molecule has 0 aromatic carbocycles. The summed E-state index contributed by atoms with van der Waals surface area (Å²) in [5, 5.41) is 11.0. The highest BCUT2D eigenvalue weighted by Gasteiger charge is 2.40. The van der Waals surface area contributed by atoms with E-state index in [4.69, 9.17) is 0 Å². The van der Waals surface area contributed by atoms with Crippen LogP contribution in [0, 0.1) is 0 Å². The van der Waals surface area contributed by atoms with Gasteiger partial charge in [0, 0.05) is 24.2 Å². The van der Waals surface area contributed by atoms with Gasteiger partial charge in [-0.2, -0.15) is 0 Å². The van der Waals surface area contributed by atoms with Crippen molar-refractivity contribution in [3.8, 4) is 0 Å². The van der Waals surface area contributed by atoms with E-state index in [-0.39, 0.29) is 0 Å². The van der Waals surface area contributed by atoms with Crippen LogP contribution in [0.3, 0.4) is 0 Å². The SMILES string of the molecule is OC1(Cc2c[nH]c3ncccc23)CC1. The number of fused-ring (bicyclic) bond motifs is 1. The van der Waals surface area contributed by atoms with Crippen molar-refractivity contribution in [1.29, 1.82) is 0 Å². The zero-order valence-electron chi connectivity index (χ0n) is 7.83. The van der Waals surface area contributed by atoms with Crippen LogP contribution in [0.4, 0.5) is 0 Å². The maximum absolute atomic E-state index is 9.83. The average molecular weight is 188 g/mol. The second-order valence-corrected chi connectivity index (χ2v) is 4.11. The molecule has 0 saturated heterocycles. The van der Waals surface area contributed by atoms with Crippen LogP contribution in [0.5, 0.6) is 0 Å². The van der Waals surface area contributed by atoms with Crippen molar-refractivity contribution in [2.75, 3.05) is 0 Å². The lowest BCUT2D eigenvalue weighted by Crippen LogP contribution is -2.09. The standard InChI is InChI=1S/C11H12N2O/c14-11(3-4-11)6-8-7-13-10-9(8)2-1-5-12-10/h1-2,5,7,14H,3-4,6H2,(H,12,13). The Morgan fingerprint density at radius 3 is 3.14 bits per heavy atom. The molecule has 0 atom stereocenters. The van der Waals surface area contributed by atoms with Gasteiger partial charge in [-0.3, -0.25) is 0 Å². The first kappa shape index (κ1) is 8.00. The zero-order chi connectivity index (χ0) is 9.60. The molecule has 72 valence electrons. The van der Waals surface area contributed by atoms with Crippen LogP contribution in [0.1, 0.15) is 18.4 Å². The van der Waals surface area contributed by atoms with Crippen molar-refractivity contribution in [3.63, 3.8) is 0 Å². The summed E-state index contributed by atoms with van der Waals surface area (Å²) >= 11 is 0. The Morgan fingerprint density at radius 1 is 1.50 bits per heavy atom. The summed E-state index contributed by atoms with van der Waals surface area (Å²) < 4.78 is 0. The van der Waals surface area contributed by atoms with Crippen LogP contribution < -0.4 is 0 Å². The molecule has 0 unspecified atom stereocenters. The molecule has 0 radical (unpaired) electrons. The number of hydrogen-bond acceptors (Lipinski definition) is 2. The van der Waals surface area contributed by atoms with Crippen molar-refractivity contribution in [2.24, 2.45) is 0 Å². The Labute approximate surface area is 81.8 Å². The first-order chi connectivity index (χ1) is 6.77. The van der Waals surface area contributed by atoms with Gasteiger partial charge >= 0.3 is 0 Å². The van der Waals surface area contributed by atoms with Gasteiger partial charge in [-0.25, -0.2) is 4.98 Å². The van der Waals surface area contributed by atoms with E-state index in [0.717, 1.165) is 30.3 Å². The summed E-state index contributed by atoms with van der Waals surface area (Å²) in [6, 6.07) is 3.97. The number of hydrogen-bond donors (Lipinski definition) is 2. The Bertz CT molecular complexity index is 471. The summed E-state index contributed by atoms with van der Waals surface area (Å²) in [4.78, 5) is 7.33. The fraction of sp³-hybridized carbons (Fsp3) is 0.364. The summed E-state index contributed by atoms with van der Waals surface area (Å²) in [6.45, 7) is 0. The third-order valence-electron chi connectivity index (χ3n) is 2.88. The monoisotopic (exact) mass is 188 g/mol. The number of nitrogens with zero attached hydrogens (tertiary/aromatic N) is 1. The van der Waals surface area contributed by atoms with E-state index >= 15 is 0 Å². The minimum atomic E-state index is -0.426. The Kier molecular flexibility index (Phi) is 1.47. The van der Waals surface area contributed by atoms with Gasteiger partial charge < -0.3 is 10.1 Å². The van der Waals surface area contributed by atoms with Gasteiger partial charge in [-0.15, -0.1) is 0 Å². The molecule has 3 heteroatoms. The third-order valence-corrected chi connectivity index (χ3v) is 2.88. The summed E-state index contributed by atoms with van der Waals surface area (Å²) in [5.74, 6) is 0. The van der Waals surface area contributed by atoms with Gasteiger partial charge in [0.1, 0.15) is 5.65 Å². The third kappa shape index (κ3) is 1.21. The van der Waals surface area contributed by atoms with Crippen LogP contribution in [-0.4, -0.2) is 20.7 Å². The van der Waals surface area contributed by atoms with Crippen LogP contribution in [-0.2, 0) is 6.42 Å². The van der Waals surface area contributed by atoms with Gasteiger partial charge in [0.25, 0.3) is 0 Å². The molecule has 2 aromatic rings. The van der Waals surface area contributed by atoms with Crippen LogP contribution in [0.15, 0.2) is 24.5 Å². The molecule has 0 amide bonds. The van der Waals surface area contributed by atoms with Crippen molar-refractivity contribution in [2.45, 2.75) is 24.9 Å². The van der Waals surface area contributed by atoms with E-state index in [0.29, 0.717) is 0 Å². The number of aromatic amines is 1. The number of aliphatic hydroxyl groups is 1. The number of nitrogens with one attached hydrogen (secondary N) is 1. The summed E-state index contributed by atoms with van der Waals surface area (Å²) in [7, 11) is 0. The number of aromatic nitrogens is 2. The van der Waals surface area contributed by atoms with Gasteiger partial charge in [-0.1, -0.05) is 0 Å². The lowest BCUT2D eigenvalue weighted by Gasteiger charge is -2.04. The van der Waals surface area contributed by atoms with Crippen molar-refractivity contribution in [1.82, 2.24) is 9.97 Å². The molecule has 1 fully saturated rings. The number of pyridine rings is 1. The molecule has 3 nitrogen and oxygen atoms in total. The minimum Gasteiger partial charge on any atom is -0.390 e. The summed E-state index contributed by atoms with van der Waals surface area (Å²) in [6.07, 6.45) is 6.33. The molecule has 0 bridgehead atoms. The number of H-pyrrole nitrogens is 1. The molecule has 2 heterocycles. The first-order valence-corrected chi connectivity index (χ1v) is 4.90. The fourth-order valence-electron chi connectivity index (χ4n) is 1.83. The Morgan fingerprint density at radius 2 is 2.36 bits per heavy atom. The van der Waals surface area contributed by atoms with Crippen LogP contribution in [0.25, 0.3) is 11.0 Å². The van der Waals surface area contributed by atoms with E-state index < -0.39 is 5.60 Å². The van der Waals surface area contributed by atoms with E-state index in [1.54, 1.807) is 6.20 Å². The quantitative estimate of drug-likeness (QED) is 0.752. The van der Waals surface area contributed by atoms with E-state index in [1.165, 1.54) is 5.56 Å². The van der Waals surface area contributed by atoms with Crippen LogP contribution in [0.2, 0.25) is 0 Å².